The number of rotatable bonds is 3. The van der Waals surface area contributed by atoms with Crippen LogP contribution in [-0.2, 0) is 0 Å². The number of anilines is 1. The van der Waals surface area contributed by atoms with Crippen molar-refractivity contribution in [2.45, 2.75) is 57.2 Å². The highest BCUT2D eigenvalue weighted by molar-refractivity contribution is 14.1. The van der Waals surface area contributed by atoms with E-state index < -0.39 is 0 Å². The normalized spacial score (nSPS) is 29.6. The van der Waals surface area contributed by atoms with E-state index >= 15 is 0 Å². The molecule has 3 rings (SSSR count). The van der Waals surface area contributed by atoms with Crippen LogP contribution >= 0.6 is 34.2 Å². The van der Waals surface area contributed by atoms with Crippen molar-refractivity contribution in [3.05, 3.63) is 26.8 Å². The maximum absolute atomic E-state index is 6.11. The number of benzene rings is 1. The first-order valence-corrected chi connectivity index (χ1v) is 9.11. The van der Waals surface area contributed by atoms with Gasteiger partial charge in [-0.05, 0) is 79.4 Å². The van der Waals surface area contributed by atoms with E-state index in [1.165, 1.54) is 41.4 Å². The minimum atomic E-state index is 0.696. The lowest BCUT2D eigenvalue weighted by atomic mass is 9.81. The molecule has 2 atom stereocenters. The van der Waals surface area contributed by atoms with Gasteiger partial charge in [0.1, 0.15) is 0 Å². The highest BCUT2D eigenvalue weighted by Gasteiger charge is 2.38. The molecule has 2 aliphatic heterocycles. The summed E-state index contributed by atoms with van der Waals surface area (Å²) in [5, 5.41) is 4.50. The molecule has 2 heterocycles. The summed E-state index contributed by atoms with van der Waals surface area (Å²) >= 11 is 8.54. The molecular formula is C16H22ClIN2. The van der Waals surface area contributed by atoms with Gasteiger partial charge in [0, 0.05) is 26.7 Å². The molecule has 1 N–H and O–H groups in total. The Labute approximate surface area is 140 Å². The van der Waals surface area contributed by atoms with Crippen LogP contribution < -0.4 is 10.2 Å². The Bertz CT molecular complexity index is 466. The fraction of sp³-hybridized carbons (Fsp3) is 0.625. The van der Waals surface area contributed by atoms with E-state index in [9.17, 15) is 0 Å². The summed E-state index contributed by atoms with van der Waals surface area (Å²) in [6.07, 6.45) is 6.61. The molecule has 1 aromatic carbocycles. The van der Waals surface area contributed by atoms with Gasteiger partial charge in [-0.2, -0.15) is 0 Å². The van der Waals surface area contributed by atoms with Crippen LogP contribution in [0.2, 0.25) is 5.02 Å². The minimum Gasteiger partial charge on any atom is -0.365 e. The molecule has 1 aromatic rings. The second kappa shape index (κ2) is 6.41. The first-order valence-electron chi connectivity index (χ1n) is 7.65. The molecule has 0 spiro atoms. The number of nitrogens with zero attached hydrogens (tertiary/aromatic N) is 1. The van der Waals surface area contributed by atoms with E-state index in [2.05, 4.69) is 51.9 Å². The molecule has 4 heteroatoms. The zero-order valence-corrected chi connectivity index (χ0v) is 14.8. The monoisotopic (exact) mass is 404 g/mol. The molecular weight excluding hydrogens is 383 g/mol. The van der Waals surface area contributed by atoms with Gasteiger partial charge in [0.2, 0.25) is 0 Å². The summed E-state index contributed by atoms with van der Waals surface area (Å²) < 4.78 is 1.29. The molecule has 0 aromatic heterocycles. The summed E-state index contributed by atoms with van der Waals surface area (Å²) in [5.74, 6) is 0. The molecule has 2 nitrogen and oxygen atoms in total. The first kappa shape index (κ1) is 14.9. The molecule has 2 unspecified atom stereocenters. The SMILES string of the molecule is CCNC1CC2CCCC(C1)N2c1ccc(Cl)cc1I. The molecule has 0 aliphatic carbocycles. The number of piperidine rings is 2. The lowest BCUT2D eigenvalue weighted by Crippen LogP contribution is -2.56. The van der Waals surface area contributed by atoms with E-state index in [1.54, 1.807) is 0 Å². The zero-order chi connectivity index (χ0) is 14.1. The second-order valence-corrected chi connectivity index (χ2v) is 7.57. The van der Waals surface area contributed by atoms with Gasteiger partial charge < -0.3 is 10.2 Å². The second-order valence-electron chi connectivity index (χ2n) is 5.97. The number of halogens is 2. The van der Waals surface area contributed by atoms with Crippen LogP contribution in [0.3, 0.4) is 0 Å². The summed E-state index contributed by atoms with van der Waals surface area (Å²) in [6.45, 7) is 3.30. The maximum Gasteiger partial charge on any atom is 0.0507 e. The highest BCUT2D eigenvalue weighted by Crippen LogP contribution is 2.40. The van der Waals surface area contributed by atoms with Crippen LogP contribution in [-0.4, -0.2) is 24.7 Å². The summed E-state index contributed by atoms with van der Waals surface area (Å²) in [6, 6.07) is 8.43. The Balaban J connectivity index is 1.86. The van der Waals surface area contributed by atoms with Gasteiger partial charge >= 0.3 is 0 Å². The average molecular weight is 405 g/mol. The van der Waals surface area contributed by atoms with Crippen LogP contribution in [0.5, 0.6) is 0 Å². The first-order chi connectivity index (χ1) is 9.69. The summed E-state index contributed by atoms with van der Waals surface area (Å²) in [4.78, 5) is 2.69. The van der Waals surface area contributed by atoms with Crippen molar-refractivity contribution in [2.24, 2.45) is 0 Å². The standard InChI is InChI=1S/C16H22ClIN2/c1-2-19-12-9-13-4-3-5-14(10-12)20(13)16-7-6-11(17)8-15(16)18/h6-8,12-14,19H,2-5,9-10H2,1H3. The maximum atomic E-state index is 6.11. The number of hydrogen-bond donors (Lipinski definition) is 1. The molecule has 0 saturated carbocycles. The van der Waals surface area contributed by atoms with Crippen molar-refractivity contribution in [2.75, 3.05) is 11.4 Å². The van der Waals surface area contributed by atoms with Crippen LogP contribution in [0, 0.1) is 3.57 Å². The Morgan fingerprint density at radius 2 is 2.00 bits per heavy atom. The lowest BCUT2D eigenvalue weighted by Gasteiger charge is -2.50. The third kappa shape index (κ3) is 2.95. The molecule has 110 valence electrons. The van der Waals surface area contributed by atoms with E-state index in [-0.39, 0.29) is 0 Å². The van der Waals surface area contributed by atoms with Gasteiger partial charge in [-0.25, -0.2) is 0 Å². The molecule has 2 aliphatic rings. The quantitative estimate of drug-likeness (QED) is 0.749. The van der Waals surface area contributed by atoms with Crippen molar-refractivity contribution in [3.63, 3.8) is 0 Å². The molecule has 2 bridgehead atoms. The van der Waals surface area contributed by atoms with Gasteiger partial charge in [-0.3, -0.25) is 0 Å². The molecule has 2 fully saturated rings. The summed E-state index contributed by atoms with van der Waals surface area (Å²) in [5.41, 5.74) is 1.39. The average Bonchev–Trinajstić information content (AvgIpc) is 2.39. The third-order valence-electron chi connectivity index (χ3n) is 4.66. The Morgan fingerprint density at radius 3 is 2.60 bits per heavy atom. The van der Waals surface area contributed by atoms with Crippen molar-refractivity contribution < 1.29 is 0 Å². The van der Waals surface area contributed by atoms with Crippen LogP contribution in [0.1, 0.15) is 39.0 Å². The van der Waals surface area contributed by atoms with Crippen molar-refractivity contribution in [3.8, 4) is 0 Å². The van der Waals surface area contributed by atoms with Crippen molar-refractivity contribution in [1.29, 1.82) is 0 Å². The molecule has 0 amide bonds. The topological polar surface area (TPSA) is 15.3 Å². The predicted molar refractivity (Wildman–Crippen MR) is 94.8 cm³/mol. The van der Waals surface area contributed by atoms with Crippen LogP contribution in [0.15, 0.2) is 18.2 Å². The lowest BCUT2D eigenvalue weighted by molar-refractivity contribution is 0.247. The van der Waals surface area contributed by atoms with E-state index in [0.717, 1.165) is 11.6 Å². The van der Waals surface area contributed by atoms with Gasteiger partial charge in [0.05, 0.1) is 5.69 Å². The number of nitrogens with one attached hydrogen (secondary N) is 1. The van der Waals surface area contributed by atoms with Crippen molar-refractivity contribution >= 4 is 39.9 Å². The fourth-order valence-corrected chi connectivity index (χ4v) is 5.07. The smallest absolute Gasteiger partial charge is 0.0507 e. The van der Waals surface area contributed by atoms with E-state index in [0.29, 0.717) is 18.1 Å². The minimum absolute atomic E-state index is 0.696. The highest BCUT2D eigenvalue weighted by atomic mass is 127. The van der Waals surface area contributed by atoms with Crippen molar-refractivity contribution in [1.82, 2.24) is 5.32 Å². The molecule has 20 heavy (non-hydrogen) atoms. The third-order valence-corrected chi connectivity index (χ3v) is 5.75. The van der Waals surface area contributed by atoms with Gasteiger partial charge in [0.15, 0.2) is 0 Å². The Kier molecular flexibility index (Phi) is 4.78. The van der Waals surface area contributed by atoms with Gasteiger partial charge in [-0.1, -0.05) is 18.5 Å². The number of hydrogen-bond acceptors (Lipinski definition) is 2. The Hall–Kier alpha value is -0.000000000000000111. The largest absolute Gasteiger partial charge is 0.365 e. The van der Waals surface area contributed by atoms with Gasteiger partial charge in [-0.15, -0.1) is 0 Å². The van der Waals surface area contributed by atoms with E-state index in [1.807, 2.05) is 6.07 Å². The molecule has 0 radical (unpaired) electrons. The predicted octanol–water partition coefficient (Wildman–Crippen LogP) is 4.44. The van der Waals surface area contributed by atoms with Gasteiger partial charge in [0.25, 0.3) is 0 Å². The fourth-order valence-electron chi connectivity index (χ4n) is 3.92. The Morgan fingerprint density at radius 1 is 1.30 bits per heavy atom. The number of fused-ring (bicyclic) bond motifs is 2. The summed E-state index contributed by atoms with van der Waals surface area (Å²) in [7, 11) is 0. The van der Waals surface area contributed by atoms with Crippen LogP contribution in [0.25, 0.3) is 0 Å². The van der Waals surface area contributed by atoms with Crippen LogP contribution in [0.4, 0.5) is 5.69 Å². The zero-order valence-electron chi connectivity index (χ0n) is 11.9. The molecule has 2 saturated heterocycles. The van der Waals surface area contributed by atoms with E-state index in [4.69, 9.17) is 11.6 Å².